The Balaban J connectivity index is 1.99. The van der Waals surface area contributed by atoms with Crippen molar-refractivity contribution in [3.8, 4) is 5.75 Å². The molecular formula is C17H16FNO4. The van der Waals surface area contributed by atoms with Gasteiger partial charge in [0.1, 0.15) is 0 Å². The van der Waals surface area contributed by atoms with Crippen molar-refractivity contribution in [2.75, 3.05) is 19.5 Å². The molecule has 1 N–H and O–H groups in total. The number of carbonyl (C=O) groups excluding carboxylic acids is 2. The number of carbonyl (C=O) groups is 2. The van der Waals surface area contributed by atoms with Crippen molar-refractivity contribution in [3.63, 3.8) is 0 Å². The van der Waals surface area contributed by atoms with Gasteiger partial charge in [-0.25, -0.2) is 9.18 Å². The van der Waals surface area contributed by atoms with E-state index >= 15 is 0 Å². The lowest BCUT2D eigenvalue weighted by Gasteiger charge is -2.07. The Morgan fingerprint density at radius 3 is 2.35 bits per heavy atom. The zero-order valence-electron chi connectivity index (χ0n) is 12.8. The molecule has 0 atom stereocenters. The molecule has 0 saturated carbocycles. The van der Waals surface area contributed by atoms with Gasteiger partial charge in [-0.15, -0.1) is 0 Å². The predicted molar refractivity (Wildman–Crippen MR) is 83.1 cm³/mol. The van der Waals surface area contributed by atoms with Gasteiger partial charge in [0, 0.05) is 5.69 Å². The summed E-state index contributed by atoms with van der Waals surface area (Å²) in [4.78, 5) is 23.3. The molecule has 0 radical (unpaired) electrons. The van der Waals surface area contributed by atoms with Crippen molar-refractivity contribution < 1.29 is 23.5 Å². The number of benzene rings is 2. The highest BCUT2D eigenvalue weighted by Gasteiger charge is 2.09. The lowest BCUT2D eigenvalue weighted by molar-refractivity contribution is -0.115. The summed E-state index contributed by atoms with van der Waals surface area (Å²) < 4.78 is 23.0. The van der Waals surface area contributed by atoms with Gasteiger partial charge < -0.3 is 14.8 Å². The monoisotopic (exact) mass is 317 g/mol. The van der Waals surface area contributed by atoms with Gasteiger partial charge in [0.2, 0.25) is 5.91 Å². The van der Waals surface area contributed by atoms with Crippen LogP contribution in [-0.2, 0) is 16.0 Å². The summed E-state index contributed by atoms with van der Waals surface area (Å²) in [6.07, 6.45) is 0.0274. The molecule has 2 rings (SSSR count). The minimum absolute atomic E-state index is 0.0274. The molecule has 120 valence electrons. The summed E-state index contributed by atoms with van der Waals surface area (Å²) in [6, 6.07) is 10.7. The SMILES string of the molecule is COC(=O)c1ccc(NC(=O)Cc2ccc(OC)c(F)c2)cc1. The second-order valence-corrected chi connectivity index (χ2v) is 4.76. The highest BCUT2D eigenvalue weighted by atomic mass is 19.1. The van der Waals surface area contributed by atoms with Crippen LogP contribution in [0.4, 0.5) is 10.1 Å². The average molecular weight is 317 g/mol. The van der Waals surface area contributed by atoms with E-state index in [0.29, 0.717) is 16.8 Å². The van der Waals surface area contributed by atoms with E-state index in [1.54, 1.807) is 30.3 Å². The number of methoxy groups -OCH3 is 2. The minimum Gasteiger partial charge on any atom is -0.494 e. The Morgan fingerprint density at radius 2 is 1.78 bits per heavy atom. The largest absolute Gasteiger partial charge is 0.494 e. The summed E-state index contributed by atoms with van der Waals surface area (Å²) >= 11 is 0. The highest BCUT2D eigenvalue weighted by Crippen LogP contribution is 2.18. The van der Waals surface area contributed by atoms with Gasteiger partial charge >= 0.3 is 5.97 Å². The van der Waals surface area contributed by atoms with Gasteiger partial charge in [0.05, 0.1) is 26.2 Å². The molecule has 0 spiro atoms. The van der Waals surface area contributed by atoms with E-state index in [1.807, 2.05) is 0 Å². The second kappa shape index (κ2) is 7.40. The topological polar surface area (TPSA) is 64.6 Å². The molecule has 6 heteroatoms. The fraction of sp³-hybridized carbons (Fsp3) is 0.176. The van der Waals surface area contributed by atoms with E-state index in [1.165, 1.54) is 26.4 Å². The van der Waals surface area contributed by atoms with Crippen LogP contribution in [0.15, 0.2) is 42.5 Å². The van der Waals surface area contributed by atoms with Crippen LogP contribution in [0.5, 0.6) is 5.75 Å². The van der Waals surface area contributed by atoms with E-state index in [2.05, 4.69) is 10.1 Å². The van der Waals surface area contributed by atoms with Gasteiger partial charge in [-0.1, -0.05) is 6.07 Å². The van der Waals surface area contributed by atoms with Crippen LogP contribution in [0.1, 0.15) is 15.9 Å². The Morgan fingerprint density at radius 1 is 1.09 bits per heavy atom. The molecule has 0 heterocycles. The molecule has 0 aromatic heterocycles. The van der Waals surface area contributed by atoms with Gasteiger partial charge in [-0.2, -0.15) is 0 Å². The number of halogens is 1. The first-order valence-electron chi connectivity index (χ1n) is 6.84. The molecule has 0 aliphatic heterocycles. The summed E-state index contributed by atoms with van der Waals surface area (Å²) in [6.45, 7) is 0. The van der Waals surface area contributed by atoms with Crippen LogP contribution < -0.4 is 10.1 Å². The lowest BCUT2D eigenvalue weighted by Crippen LogP contribution is -2.14. The van der Waals surface area contributed by atoms with Crippen molar-refractivity contribution >= 4 is 17.6 Å². The number of ether oxygens (including phenoxy) is 2. The summed E-state index contributed by atoms with van der Waals surface area (Å²) in [5.41, 5.74) is 1.46. The fourth-order valence-corrected chi connectivity index (χ4v) is 2.02. The first-order chi connectivity index (χ1) is 11.0. The number of anilines is 1. The maximum absolute atomic E-state index is 13.6. The third-order valence-corrected chi connectivity index (χ3v) is 3.17. The Bertz CT molecular complexity index is 713. The summed E-state index contributed by atoms with van der Waals surface area (Å²) in [5, 5.41) is 2.68. The normalized spacial score (nSPS) is 10.0. The number of hydrogen-bond acceptors (Lipinski definition) is 4. The molecule has 2 aromatic rings. The smallest absolute Gasteiger partial charge is 0.337 e. The van der Waals surface area contributed by atoms with Crippen molar-refractivity contribution in [2.45, 2.75) is 6.42 Å². The van der Waals surface area contributed by atoms with Crippen LogP contribution in [-0.4, -0.2) is 26.1 Å². The number of nitrogens with one attached hydrogen (secondary N) is 1. The van der Waals surface area contributed by atoms with Crippen molar-refractivity contribution in [1.29, 1.82) is 0 Å². The molecule has 0 unspecified atom stereocenters. The Labute approximate surface area is 133 Å². The maximum atomic E-state index is 13.6. The van der Waals surface area contributed by atoms with E-state index in [9.17, 15) is 14.0 Å². The molecule has 2 aromatic carbocycles. The molecular weight excluding hydrogens is 301 g/mol. The molecule has 0 aliphatic rings. The molecule has 5 nitrogen and oxygen atoms in total. The van der Waals surface area contributed by atoms with Crippen molar-refractivity contribution in [3.05, 3.63) is 59.4 Å². The molecule has 0 fully saturated rings. The van der Waals surface area contributed by atoms with E-state index in [-0.39, 0.29) is 18.1 Å². The maximum Gasteiger partial charge on any atom is 0.337 e. The Hall–Kier alpha value is -2.89. The zero-order valence-corrected chi connectivity index (χ0v) is 12.8. The van der Waals surface area contributed by atoms with Gasteiger partial charge in [0.15, 0.2) is 11.6 Å². The molecule has 0 bridgehead atoms. The zero-order chi connectivity index (χ0) is 16.8. The van der Waals surface area contributed by atoms with Crippen molar-refractivity contribution in [2.24, 2.45) is 0 Å². The number of amides is 1. The van der Waals surface area contributed by atoms with Crippen LogP contribution in [0, 0.1) is 5.82 Å². The number of rotatable bonds is 5. The molecule has 0 aliphatic carbocycles. The van der Waals surface area contributed by atoms with Gasteiger partial charge in [0.25, 0.3) is 0 Å². The second-order valence-electron chi connectivity index (χ2n) is 4.76. The van der Waals surface area contributed by atoms with Gasteiger partial charge in [-0.05, 0) is 42.0 Å². The van der Waals surface area contributed by atoms with Crippen LogP contribution >= 0.6 is 0 Å². The lowest BCUT2D eigenvalue weighted by atomic mass is 10.1. The van der Waals surface area contributed by atoms with E-state index in [0.717, 1.165) is 0 Å². The molecule has 23 heavy (non-hydrogen) atoms. The fourth-order valence-electron chi connectivity index (χ4n) is 2.02. The molecule has 0 saturated heterocycles. The Kier molecular flexibility index (Phi) is 5.30. The third-order valence-electron chi connectivity index (χ3n) is 3.17. The summed E-state index contributed by atoms with van der Waals surface area (Å²) in [5.74, 6) is -1.12. The first kappa shape index (κ1) is 16.5. The van der Waals surface area contributed by atoms with Crippen LogP contribution in [0.2, 0.25) is 0 Å². The predicted octanol–water partition coefficient (Wildman–Crippen LogP) is 2.80. The first-order valence-corrected chi connectivity index (χ1v) is 6.84. The third kappa shape index (κ3) is 4.29. The average Bonchev–Trinajstić information content (AvgIpc) is 2.55. The van der Waals surface area contributed by atoms with Crippen molar-refractivity contribution in [1.82, 2.24) is 0 Å². The van der Waals surface area contributed by atoms with Crippen LogP contribution in [0.3, 0.4) is 0 Å². The number of hydrogen-bond donors (Lipinski definition) is 1. The standard InChI is InChI=1S/C17H16FNO4/c1-22-15-8-3-11(9-14(15)18)10-16(20)19-13-6-4-12(5-7-13)17(21)23-2/h3-9H,10H2,1-2H3,(H,19,20). The van der Waals surface area contributed by atoms with E-state index in [4.69, 9.17) is 4.74 Å². The quantitative estimate of drug-likeness (QED) is 0.861. The number of esters is 1. The van der Waals surface area contributed by atoms with E-state index < -0.39 is 11.8 Å². The highest BCUT2D eigenvalue weighted by molar-refractivity contribution is 5.94. The molecule has 1 amide bonds. The summed E-state index contributed by atoms with van der Waals surface area (Å²) in [7, 11) is 2.68. The van der Waals surface area contributed by atoms with Crippen LogP contribution in [0.25, 0.3) is 0 Å². The minimum atomic E-state index is -0.514. The van der Waals surface area contributed by atoms with Gasteiger partial charge in [-0.3, -0.25) is 4.79 Å².